The van der Waals surface area contributed by atoms with E-state index in [1.54, 1.807) is 26.3 Å². The molecule has 1 amide bonds. The number of carbonyl (C=O) groups excluding carboxylic acids is 1. The number of methoxy groups -OCH3 is 1. The average Bonchev–Trinajstić information content (AvgIpc) is 2.87. The number of benzene rings is 1. The Morgan fingerprint density at radius 1 is 1.56 bits per heavy atom. The lowest BCUT2D eigenvalue weighted by molar-refractivity contribution is 0.0961. The van der Waals surface area contributed by atoms with Gasteiger partial charge in [-0.3, -0.25) is 4.79 Å². The van der Waals surface area contributed by atoms with Gasteiger partial charge in [0.25, 0.3) is 5.91 Å². The number of nitrogen functional groups attached to an aromatic ring is 1. The molecule has 1 aliphatic heterocycles. The largest absolute Gasteiger partial charge is 0.487 e. The van der Waals surface area contributed by atoms with Gasteiger partial charge in [-0.05, 0) is 12.1 Å². The van der Waals surface area contributed by atoms with E-state index in [2.05, 4.69) is 5.32 Å². The van der Waals surface area contributed by atoms with Gasteiger partial charge in [0.15, 0.2) is 0 Å². The smallest absolute Gasteiger partial charge is 0.251 e. The minimum absolute atomic E-state index is 0.0985. The fourth-order valence-corrected chi connectivity index (χ4v) is 2.82. The molecular weight excluding hydrogens is 232 g/mol. The lowest BCUT2D eigenvalue weighted by Crippen LogP contribution is -2.20. The first-order valence-electron chi connectivity index (χ1n) is 5.99. The molecule has 96 valence electrons. The Bertz CT molecular complexity index is 515. The molecule has 1 aromatic carbocycles. The molecule has 1 fully saturated rings. The highest BCUT2D eigenvalue weighted by molar-refractivity contribution is 5.98. The van der Waals surface area contributed by atoms with Gasteiger partial charge in [-0.2, -0.15) is 0 Å². The maximum absolute atomic E-state index is 11.9. The first kappa shape index (κ1) is 11.3. The molecule has 0 bridgehead atoms. The minimum atomic E-state index is -0.0985. The minimum Gasteiger partial charge on any atom is -0.487 e. The zero-order chi connectivity index (χ0) is 12.9. The first-order valence-corrected chi connectivity index (χ1v) is 5.99. The van der Waals surface area contributed by atoms with Crippen LogP contribution in [0.15, 0.2) is 12.1 Å². The Labute approximate surface area is 105 Å². The molecule has 5 heteroatoms. The van der Waals surface area contributed by atoms with Gasteiger partial charge in [0, 0.05) is 37.1 Å². The van der Waals surface area contributed by atoms with Gasteiger partial charge in [-0.1, -0.05) is 0 Å². The number of nitrogens with two attached hydrogens (primary N) is 1. The summed E-state index contributed by atoms with van der Waals surface area (Å²) in [6.45, 7) is 0.650. The third kappa shape index (κ3) is 1.40. The molecule has 1 aliphatic carbocycles. The van der Waals surface area contributed by atoms with Crippen molar-refractivity contribution in [2.24, 2.45) is 5.92 Å². The Kier molecular flexibility index (Phi) is 2.45. The van der Waals surface area contributed by atoms with Crippen molar-refractivity contribution in [3.63, 3.8) is 0 Å². The second-order valence-corrected chi connectivity index (χ2v) is 4.75. The van der Waals surface area contributed by atoms with Crippen LogP contribution in [0.2, 0.25) is 0 Å². The highest BCUT2D eigenvalue weighted by Crippen LogP contribution is 2.60. The van der Waals surface area contributed by atoms with E-state index in [1.807, 2.05) is 0 Å². The van der Waals surface area contributed by atoms with Gasteiger partial charge >= 0.3 is 0 Å². The first-order chi connectivity index (χ1) is 8.69. The number of hydrogen-bond donors (Lipinski definition) is 2. The summed E-state index contributed by atoms with van der Waals surface area (Å²) in [5.74, 6) is 1.17. The molecule has 1 aromatic rings. The quantitative estimate of drug-likeness (QED) is 0.774. The zero-order valence-electron chi connectivity index (χ0n) is 10.4. The fraction of sp³-hybridized carbons (Fsp3) is 0.462. The number of rotatable bonds is 3. The molecule has 0 radical (unpaired) electrons. The van der Waals surface area contributed by atoms with Crippen molar-refractivity contribution in [1.29, 1.82) is 0 Å². The number of carbonyl (C=O) groups is 1. The van der Waals surface area contributed by atoms with Crippen LogP contribution < -0.4 is 15.8 Å². The van der Waals surface area contributed by atoms with E-state index in [9.17, 15) is 4.79 Å². The Morgan fingerprint density at radius 2 is 2.33 bits per heavy atom. The molecule has 1 saturated carbocycles. The average molecular weight is 248 g/mol. The number of amides is 1. The van der Waals surface area contributed by atoms with E-state index in [0.29, 0.717) is 29.5 Å². The molecule has 2 aliphatic rings. The van der Waals surface area contributed by atoms with Crippen molar-refractivity contribution in [1.82, 2.24) is 5.32 Å². The fourth-order valence-electron chi connectivity index (χ4n) is 2.82. The van der Waals surface area contributed by atoms with Gasteiger partial charge in [-0.25, -0.2) is 0 Å². The molecule has 18 heavy (non-hydrogen) atoms. The van der Waals surface area contributed by atoms with Gasteiger partial charge in [-0.15, -0.1) is 0 Å². The highest BCUT2D eigenvalue weighted by atomic mass is 16.5. The maximum Gasteiger partial charge on any atom is 0.251 e. The zero-order valence-corrected chi connectivity index (χ0v) is 10.4. The molecule has 3 N–H and O–H groups in total. The molecule has 0 saturated heterocycles. The summed E-state index contributed by atoms with van der Waals surface area (Å²) >= 11 is 0. The van der Waals surface area contributed by atoms with Crippen LogP contribution in [0.25, 0.3) is 0 Å². The number of fused-ring (bicyclic) bond motifs is 3. The van der Waals surface area contributed by atoms with Crippen LogP contribution in [-0.2, 0) is 4.74 Å². The second-order valence-electron chi connectivity index (χ2n) is 4.75. The predicted octanol–water partition coefficient (Wildman–Crippen LogP) is 0.749. The van der Waals surface area contributed by atoms with Crippen molar-refractivity contribution in [3.8, 4) is 5.75 Å². The normalized spacial score (nSPS) is 27.1. The lowest BCUT2D eigenvalue weighted by atomic mass is 9.99. The molecule has 5 nitrogen and oxygen atoms in total. The van der Waals surface area contributed by atoms with E-state index in [0.717, 1.165) is 5.56 Å². The molecule has 1 heterocycles. The van der Waals surface area contributed by atoms with Crippen molar-refractivity contribution in [2.45, 2.75) is 12.0 Å². The maximum atomic E-state index is 11.9. The summed E-state index contributed by atoms with van der Waals surface area (Å²) in [5.41, 5.74) is 8.10. The molecule has 0 aromatic heterocycles. The predicted molar refractivity (Wildman–Crippen MR) is 66.8 cm³/mol. The highest BCUT2D eigenvalue weighted by Gasteiger charge is 2.60. The number of hydrogen-bond acceptors (Lipinski definition) is 4. The third-order valence-electron chi connectivity index (χ3n) is 3.74. The number of anilines is 1. The third-order valence-corrected chi connectivity index (χ3v) is 3.74. The summed E-state index contributed by atoms with van der Waals surface area (Å²) in [6.07, 6.45) is 0.119. The Balaban J connectivity index is 2.02. The van der Waals surface area contributed by atoms with Gasteiger partial charge in [0.2, 0.25) is 0 Å². The summed E-state index contributed by atoms with van der Waals surface area (Å²) in [7, 11) is 3.30. The van der Waals surface area contributed by atoms with Crippen LogP contribution in [0.3, 0.4) is 0 Å². The van der Waals surface area contributed by atoms with E-state index in [4.69, 9.17) is 15.2 Å². The molecular formula is C13H16N2O3. The number of nitrogens with one attached hydrogen (secondary N) is 1. The molecule has 3 unspecified atom stereocenters. The van der Waals surface area contributed by atoms with Gasteiger partial charge in [0.1, 0.15) is 11.9 Å². The van der Waals surface area contributed by atoms with Crippen LogP contribution in [0, 0.1) is 5.92 Å². The summed E-state index contributed by atoms with van der Waals surface area (Å²) in [6, 6.07) is 3.49. The topological polar surface area (TPSA) is 73.6 Å². The van der Waals surface area contributed by atoms with Crippen LogP contribution in [0.4, 0.5) is 5.69 Å². The molecule has 3 rings (SSSR count). The van der Waals surface area contributed by atoms with E-state index in [1.165, 1.54) is 0 Å². The monoisotopic (exact) mass is 248 g/mol. The number of ether oxygens (including phenoxy) is 2. The van der Waals surface area contributed by atoms with Crippen molar-refractivity contribution >= 4 is 11.6 Å². The van der Waals surface area contributed by atoms with E-state index >= 15 is 0 Å². The molecule has 3 atom stereocenters. The Morgan fingerprint density at radius 3 is 3.00 bits per heavy atom. The van der Waals surface area contributed by atoms with Crippen LogP contribution in [0.5, 0.6) is 5.75 Å². The summed E-state index contributed by atoms with van der Waals surface area (Å²) in [4.78, 5) is 11.9. The standard InChI is InChI=1S/C13H16N2O3/c1-15-13(16)6-3-4-8(14)12-9(6)10-7(5-17-2)11(10)18-12/h3-4,7,10-11H,5,14H2,1-2H3,(H,15,16). The van der Waals surface area contributed by atoms with E-state index < -0.39 is 0 Å². The van der Waals surface area contributed by atoms with E-state index in [-0.39, 0.29) is 17.9 Å². The van der Waals surface area contributed by atoms with Crippen molar-refractivity contribution < 1.29 is 14.3 Å². The second kappa shape index (κ2) is 3.88. The van der Waals surface area contributed by atoms with Crippen molar-refractivity contribution in [2.75, 3.05) is 26.5 Å². The van der Waals surface area contributed by atoms with Crippen molar-refractivity contribution in [3.05, 3.63) is 23.3 Å². The molecule has 0 spiro atoms. The lowest BCUT2D eigenvalue weighted by Gasteiger charge is -2.13. The van der Waals surface area contributed by atoms with Gasteiger partial charge in [0.05, 0.1) is 12.3 Å². The summed E-state index contributed by atoms with van der Waals surface area (Å²) < 4.78 is 11.0. The SMILES string of the molecule is CNC(=O)c1ccc(N)c2c1C1C(COC)C1O2. The van der Waals surface area contributed by atoms with Crippen LogP contribution >= 0.6 is 0 Å². The van der Waals surface area contributed by atoms with Crippen LogP contribution in [-0.4, -0.2) is 32.8 Å². The van der Waals surface area contributed by atoms with Gasteiger partial charge < -0.3 is 20.5 Å². The summed E-state index contributed by atoms with van der Waals surface area (Å²) in [5, 5.41) is 2.65. The van der Waals surface area contributed by atoms with Crippen LogP contribution in [0.1, 0.15) is 21.8 Å². The Hall–Kier alpha value is -1.75.